The van der Waals surface area contributed by atoms with Gasteiger partial charge in [0.1, 0.15) is 22.8 Å². The summed E-state index contributed by atoms with van der Waals surface area (Å²) in [6.07, 6.45) is 3.55. The Bertz CT molecular complexity index is 1140. The maximum atomic E-state index is 5.63. The van der Waals surface area contributed by atoms with Crippen LogP contribution in [0.1, 0.15) is 6.92 Å². The van der Waals surface area contributed by atoms with Crippen LogP contribution in [0.2, 0.25) is 0 Å². The third-order valence-electron chi connectivity index (χ3n) is 5.23. The van der Waals surface area contributed by atoms with E-state index in [-0.39, 0.29) is 6.04 Å². The highest BCUT2D eigenvalue weighted by Gasteiger charge is 2.24. The van der Waals surface area contributed by atoms with Crippen LogP contribution in [-0.4, -0.2) is 53.1 Å². The Morgan fingerprint density at radius 2 is 2.21 bits per heavy atom. The Kier molecular flexibility index (Phi) is 4.65. The Balaban J connectivity index is 1.79. The van der Waals surface area contributed by atoms with E-state index >= 15 is 0 Å². The van der Waals surface area contributed by atoms with Crippen molar-refractivity contribution in [2.24, 2.45) is 0 Å². The molecule has 1 atom stereocenters. The lowest BCUT2D eigenvalue weighted by molar-refractivity contribution is 0.0986. The molecule has 1 aliphatic heterocycles. The number of aromatic amines is 1. The summed E-state index contributed by atoms with van der Waals surface area (Å²) in [6, 6.07) is 8.34. The van der Waals surface area contributed by atoms with Crippen molar-refractivity contribution in [2.75, 3.05) is 31.8 Å². The summed E-state index contributed by atoms with van der Waals surface area (Å²) in [5, 5.41) is 10.2. The van der Waals surface area contributed by atoms with Crippen LogP contribution >= 0.6 is 11.3 Å². The minimum atomic E-state index is 0.249. The summed E-state index contributed by atoms with van der Waals surface area (Å²) in [7, 11) is 1.71. The normalized spacial score (nSPS) is 17.0. The molecule has 0 bridgehead atoms. The summed E-state index contributed by atoms with van der Waals surface area (Å²) in [6.45, 7) is 4.36. The number of methoxy groups -OCH3 is 1. The molecule has 7 nitrogen and oxygen atoms in total. The molecule has 148 valence electrons. The van der Waals surface area contributed by atoms with Crippen molar-refractivity contribution in [2.45, 2.75) is 13.0 Å². The number of rotatable bonds is 4. The Morgan fingerprint density at radius 3 is 3.00 bits per heavy atom. The predicted molar refractivity (Wildman–Crippen MR) is 115 cm³/mol. The second-order valence-electron chi connectivity index (χ2n) is 6.99. The van der Waals surface area contributed by atoms with E-state index in [9.17, 15) is 0 Å². The van der Waals surface area contributed by atoms with E-state index < -0.39 is 0 Å². The summed E-state index contributed by atoms with van der Waals surface area (Å²) in [5.74, 6) is 1.79. The largest absolute Gasteiger partial charge is 0.495 e. The van der Waals surface area contributed by atoms with Gasteiger partial charge in [0.05, 0.1) is 36.9 Å². The van der Waals surface area contributed by atoms with Crippen LogP contribution in [0.4, 0.5) is 5.82 Å². The molecule has 4 aromatic rings. The first kappa shape index (κ1) is 18.1. The van der Waals surface area contributed by atoms with E-state index in [2.05, 4.69) is 38.5 Å². The van der Waals surface area contributed by atoms with Crippen molar-refractivity contribution in [3.8, 4) is 27.6 Å². The van der Waals surface area contributed by atoms with Gasteiger partial charge >= 0.3 is 0 Å². The van der Waals surface area contributed by atoms with Crippen LogP contribution in [0.3, 0.4) is 0 Å². The minimum Gasteiger partial charge on any atom is -0.495 e. The van der Waals surface area contributed by atoms with Gasteiger partial charge in [0.25, 0.3) is 0 Å². The number of fused-ring (bicyclic) bond motifs is 1. The highest BCUT2D eigenvalue weighted by Crippen LogP contribution is 2.42. The second-order valence-corrected chi connectivity index (χ2v) is 7.91. The van der Waals surface area contributed by atoms with Gasteiger partial charge in [0.15, 0.2) is 0 Å². The molecule has 0 radical (unpaired) electrons. The van der Waals surface area contributed by atoms with Gasteiger partial charge < -0.3 is 14.4 Å². The third-order valence-corrected chi connectivity index (χ3v) is 6.15. The zero-order valence-electron chi connectivity index (χ0n) is 16.3. The topological polar surface area (TPSA) is 76.2 Å². The lowest BCUT2D eigenvalue weighted by Crippen LogP contribution is -2.44. The number of morpholine rings is 1. The number of anilines is 1. The van der Waals surface area contributed by atoms with Gasteiger partial charge in [-0.25, -0.2) is 4.98 Å². The van der Waals surface area contributed by atoms with Gasteiger partial charge in [-0.15, -0.1) is 11.3 Å². The fraction of sp³-hybridized carbons (Fsp3) is 0.286. The van der Waals surface area contributed by atoms with E-state index in [0.29, 0.717) is 13.2 Å². The van der Waals surface area contributed by atoms with Crippen molar-refractivity contribution in [1.82, 2.24) is 20.2 Å². The molecular formula is C21H21N5O2S. The van der Waals surface area contributed by atoms with Crippen molar-refractivity contribution >= 4 is 28.1 Å². The number of thiophene rings is 1. The highest BCUT2D eigenvalue weighted by atomic mass is 32.1. The maximum Gasteiger partial charge on any atom is 0.137 e. The molecule has 0 amide bonds. The standard InChI is InChI=1S/C21H21N5O2S/c1-13-12-28-9-8-26(13)18-11-15(21-17(27-2)5-10-29-21)14-3-6-22-20(19(14)24-18)16-4-7-23-25-16/h3-7,10-11,13H,8-9,12H2,1-2H3,(H,23,25)/t13-/m1/s1. The molecule has 1 aliphatic rings. The molecule has 0 saturated carbocycles. The van der Waals surface area contributed by atoms with Gasteiger partial charge in [-0.3, -0.25) is 10.1 Å². The number of ether oxygens (including phenoxy) is 2. The number of H-pyrrole nitrogens is 1. The fourth-order valence-electron chi connectivity index (χ4n) is 3.78. The van der Waals surface area contributed by atoms with Crippen molar-refractivity contribution in [1.29, 1.82) is 0 Å². The SMILES string of the molecule is COc1ccsc1-c1cc(N2CCOC[C@H]2C)nc2c(-c3ccn[nH]3)nccc12. The molecule has 0 unspecified atom stereocenters. The van der Waals surface area contributed by atoms with E-state index in [1.54, 1.807) is 24.6 Å². The molecule has 8 heteroatoms. The van der Waals surface area contributed by atoms with E-state index in [1.165, 1.54) is 0 Å². The molecule has 0 aliphatic carbocycles. The summed E-state index contributed by atoms with van der Waals surface area (Å²) in [5.41, 5.74) is 3.58. The van der Waals surface area contributed by atoms with Gasteiger partial charge in [0.2, 0.25) is 0 Å². The number of aromatic nitrogens is 4. The lowest BCUT2D eigenvalue weighted by atomic mass is 10.0. The molecule has 1 N–H and O–H groups in total. The van der Waals surface area contributed by atoms with Crippen molar-refractivity contribution < 1.29 is 9.47 Å². The lowest BCUT2D eigenvalue weighted by Gasteiger charge is -2.34. The average Bonchev–Trinajstić information content (AvgIpc) is 3.45. The first-order chi connectivity index (χ1) is 14.3. The monoisotopic (exact) mass is 407 g/mol. The Labute approximate surface area is 172 Å². The highest BCUT2D eigenvalue weighted by molar-refractivity contribution is 7.14. The fourth-order valence-corrected chi connectivity index (χ4v) is 4.67. The van der Waals surface area contributed by atoms with E-state index in [0.717, 1.165) is 50.8 Å². The molecule has 1 fully saturated rings. The van der Waals surface area contributed by atoms with E-state index in [1.807, 2.05) is 24.4 Å². The molecule has 4 aromatic heterocycles. The van der Waals surface area contributed by atoms with Crippen LogP contribution in [0.25, 0.3) is 32.7 Å². The number of nitrogens with one attached hydrogen (secondary N) is 1. The van der Waals surface area contributed by atoms with Crippen LogP contribution in [0.15, 0.2) is 42.0 Å². The van der Waals surface area contributed by atoms with Gasteiger partial charge in [-0.2, -0.15) is 5.10 Å². The zero-order chi connectivity index (χ0) is 19.8. The first-order valence-corrected chi connectivity index (χ1v) is 10.4. The summed E-state index contributed by atoms with van der Waals surface area (Å²) < 4.78 is 11.3. The predicted octanol–water partition coefficient (Wildman–Crippen LogP) is 3.98. The summed E-state index contributed by atoms with van der Waals surface area (Å²) >= 11 is 1.67. The molecule has 1 saturated heterocycles. The molecule has 5 heterocycles. The van der Waals surface area contributed by atoms with Crippen LogP contribution < -0.4 is 9.64 Å². The van der Waals surface area contributed by atoms with Gasteiger partial charge in [-0.05, 0) is 36.6 Å². The number of hydrogen-bond acceptors (Lipinski definition) is 7. The smallest absolute Gasteiger partial charge is 0.137 e. The maximum absolute atomic E-state index is 5.63. The van der Waals surface area contributed by atoms with Crippen LogP contribution in [0, 0.1) is 0 Å². The van der Waals surface area contributed by atoms with Gasteiger partial charge in [0, 0.05) is 29.9 Å². The van der Waals surface area contributed by atoms with Crippen molar-refractivity contribution in [3.05, 3.63) is 42.0 Å². The molecule has 5 rings (SSSR count). The van der Waals surface area contributed by atoms with Gasteiger partial charge in [-0.1, -0.05) is 0 Å². The number of pyridine rings is 2. The third kappa shape index (κ3) is 3.14. The molecule has 0 spiro atoms. The minimum absolute atomic E-state index is 0.249. The number of hydrogen-bond donors (Lipinski definition) is 1. The van der Waals surface area contributed by atoms with Crippen LogP contribution in [-0.2, 0) is 4.74 Å². The number of nitrogens with zero attached hydrogens (tertiary/aromatic N) is 4. The quantitative estimate of drug-likeness (QED) is 0.551. The van der Waals surface area contributed by atoms with E-state index in [4.69, 9.17) is 14.5 Å². The van der Waals surface area contributed by atoms with Crippen molar-refractivity contribution in [3.63, 3.8) is 0 Å². The first-order valence-electron chi connectivity index (χ1n) is 9.52. The zero-order valence-corrected chi connectivity index (χ0v) is 17.1. The average molecular weight is 407 g/mol. The summed E-state index contributed by atoms with van der Waals surface area (Å²) in [4.78, 5) is 13.1. The molecule has 0 aromatic carbocycles. The molecular weight excluding hydrogens is 386 g/mol. The Hall–Kier alpha value is -2.97. The molecule has 29 heavy (non-hydrogen) atoms. The van der Waals surface area contributed by atoms with Crippen LogP contribution in [0.5, 0.6) is 5.75 Å². The second kappa shape index (κ2) is 7.46. The Morgan fingerprint density at radius 1 is 1.28 bits per heavy atom.